The molecule has 0 aromatic carbocycles. The van der Waals surface area contributed by atoms with Gasteiger partial charge in [-0.05, 0) is 19.3 Å². The number of thioether (sulfide) groups is 1. The van der Waals surface area contributed by atoms with Crippen molar-refractivity contribution in [1.82, 2.24) is 5.32 Å². The van der Waals surface area contributed by atoms with Crippen molar-refractivity contribution in [2.24, 2.45) is 10.7 Å². The van der Waals surface area contributed by atoms with E-state index >= 15 is 0 Å². The molecule has 0 radical (unpaired) electrons. The number of primary amides is 1. The monoisotopic (exact) mass is 229 g/mol. The van der Waals surface area contributed by atoms with Crippen LogP contribution in [0.25, 0.3) is 0 Å². The van der Waals surface area contributed by atoms with E-state index < -0.39 is 0 Å². The SMILES string of the molecule is CCC1CCSC(=NCCCC(N)=O)N1. The number of carbonyl (C=O) groups excluding carboxylic acids is 1. The molecule has 4 nitrogen and oxygen atoms in total. The summed E-state index contributed by atoms with van der Waals surface area (Å²) in [6.45, 7) is 2.87. The first kappa shape index (κ1) is 12.4. The maximum absolute atomic E-state index is 10.5. The van der Waals surface area contributed by atoms with E-state index in [1.165, 1.54) is 6.42 Å². The molecule has 1 rings (SSSR count). The summed E-state index contributed by atoms with van der Waals surface area (Å²) in [5.74, 6) is 0.895. The summed E-state index contributed by atoms with van der Waals surface area (Å²) in [5, 5.41) is 4.41. The largest absolute Gasteiger partial charge is 0.370 e. The molecule has 0 aromatic heterocycles. The molecule has 1 aliphatic heterocycles. The fourth-order valence-corrected chi connectivity index (χ4v) is 2.45. The number of nitrogens with one attached hydrogen (secondary N) is 1. The van der Waals surface area contributed by atoms with Crippen LogP contribution in [0.5, 0.6) is 0 Å². The number of hydrogen-bond acceptors (Lipinski definition) is 3. The van der Waals surface area contributed by atoms with Crippen LogP contribution in [-0.2, 0) is 4.79 Å². The van der Waals surface area contributed by atoms with Crippen LogP contribution in [0.15, 0.2) is 4.99 Å². The highest BCUT2D eigenvalue weighted by atomic mass is 32.2. The first-order valence-electron chi connectivity index (χ1n) is 5.44. The molecule has 1 amide bonds. The molecule has 86 valence electrons. The average Bonchev–Trinajstić information content (AvgIpc) is 2.24. The Morgan fingerprint density at radius 3 is 3.20 bits per heavy atom. The Morgan fingerprint density at radius 1 is 1.73 bits per heavy atom. The fraction of sp³-hybridized carbons (Fsp3) is 0.800. The molecule has 15 heavy (non-hydrogen) atoms. The Balaban J connectivity index is 2.23. The number of rotatable bonds is 5. The standard InChI is InChI=1S/C10H19N3OS/c1-2-8-5-7-15-10(13-8)12-6-3-4-9(11)14/h8H,2-7H2,1H3,(H2,11,14)(H,12,13). The highest BCUT2D eigenvalue weighted by Crippen LogP contribution is 2.15. The molecule has 1 saturated heterocycles. The summed E-state index contributed by atoms with van der Waals surface area (Å²) in [6, 6.07) is 0.571. The molecular formula is C10H19N3OS. The Morgan fingerprint density at radius 2 is 2.53 bits per heavy atom. The van der Waals surface area contributed by atoms with E-state index in [2.05, 4.69) is 17.2 Å². The minimum Gasteiger partial charge on any atom is -0.370 e. The van der Waals surface area contributed by atoms with E-state index in [-0.39, 0.29) is 5.91 Å². The zero-order valence-electron chi connectivity index (χ0n) is 9.16. The second kappa shape index (κ2) is 6.71. The third-order valence-electron chi connectivity index (χ3n) is 2.36. The second-order valence-corrected chi connectivity index (χ2v) is 4.73. The molecular weight excluding hydrogens is 210 g/mol. The van der Waals surface area contributed by atoms with Crippen LogP contribution in [0, 0.1) is 0 Å². The van der Waals surface area contributed by atoms with E-state index in [0.29, 0.717) is 19.0 Å². The zero-order chi connectivity index (χ0) is 11.1. The van der Waals surface area contributed by atoms with Crippen LogP contribution in [0.3, 0.4) is 0 Å². The van der Waals surface area contributed by atoms with Crippen LogP contribution in [-0.4, -0.2) is 29.4 Å². The quantitative estimate of drug-likeness (QED) is 0.694. The third-order valence-corrected chi connectivity index (χ3v) is 3.32. The maximum atomic E-state index is 10.5. The summed E-state index contributed by atoms with van der Waals surface area (Å²) >= 11 is 1.76. The molecule has 5 heteroatoms. The van der Waals surface area contributed by atoms with Crippen molar-refractivity contribution in [2.75, 3.05) is 12.3 Å². The molecule has 1 fully saturated rings. The molecule has 3 N–H and O–H groups in total. The van der Waals surface area contributed by atoms with Gasteiger partial charge in [-0.1, -0.05) is 18.7 Å². The highest BCUT2D eigenvalue weighted by molar-refractivity contribution is 8.13. The summed E-state index contributed by atoms with van der Waals surface area (Å²) in [5.41, 5.74) is 5.05. The Kier molecular flexibility index (Phi) is 5.53. The Bertz CT molecular complexity index is 243. The van der Waals surface area contributed by atoms with Crippen molar-refractivity contribution in [3.05, 3.63) is 0 Å². The van der Waals surface area contributed by atoms with Gasteiger partial charge >= 0.3 is 0 Å². The van der Waals surface area contributed by atoms with Crippen LogP contribution in [0.1, 0.15) is 32.6 Å². The van der Waals surface area contributed by atoms with Gasteiger partial charge in [0.05, 0.1) is 0 Å². The van der Waals surface area contributed by atoms with Gasteiger partial charge in [-0.25, -0.2) is 0 Å². The van der Waals surface area contributed by atoms with Crippen molar-refractivity contribution in [2.45, 2.75) is 38.6 Å². The van der Waals surface area contributed by atoms with E-state index in [1.54, 1.807) is 11.8 Å². The van der Waals surface area contributed by atoms with E-state index in [1.807, 2.05) is 0 Å². The Hall–Kier alpha value is -0.710. The van der Waals surface area contributed by atoms with Crippen LogP contribution >= 0.6 is 11.8 Å². The van der Waals surface area contributed by atoms with Crippen LogP contribution in [0.4, 0.5) is 0 Å². The number of nitrogens with two attached hydrogens (primary N) is 1. The lowest BCUT2D eigenvalue weighted by Gasteiger charge is -2.24. The number of amidine groups is 1. The average molecular weight is 229 g/mol. The van der Waals surface area contributed by atoms with Crippen molar-refractivity contribution in [3.8, 4) is 0 Å². The molecule has 0 spiro atoms. The van der Waals surface area contributed by atoms with Crippen molar-refractivity contribution < 1.29 is 4.79 Å². The van der Waals surface area contributed by atoms with E-state index in [0.717, 1.165) is 23.8 Å². The summed E-state index contributed by atoms with van der Waals surface area (Å²) in [7, 11) is 0. The first-order valence-corrected chi connectivity index (χ1v) is 6.43. The molecule has 0 aliphatic carbocycles. The molecule has 1 unspecified atom stereocenters. The second-order valence-electron chi connectivity index (χ2n) is 3.64. The third kappa shape index (κ3) is 5.06. The molecule has 0 aromatic rings. The van der Waals surface area contributed by atoms with Gasteiger partial charge in [0, 0.05) is 24.8 Å². The smallest absolute Gasteiger partial charge is 0.217 e. The maximum Gasteiger partial charge on any atom is 0.217 e. The van der Waals surface area contributed by atoms with Gasteiger partial charge in [-0.3, -0.25) is 9.79 Å². The van der Waals surface area contributed by atoms with Crippen LogP contribution < -0.4 is 11.1 Å². The van der Waals surface area contributed by atoms with E-state index in [9.17, 15) is 4.79 Å². The van der Waals surface area contributed by atoms with Crippen LogP contribution in [0.2, 0.25) is 0 Å². The summed E-state index contributed by atoms with van der Waals surface area (Å²) in [6.07, 6.45) is 3.53. The lowest BCUT2D eigenvalue weighted by molar-refractivity contribution is -0.118. The minimum atomic E-state index is -0.245. The molecule has 1 heterocycles. The van der Waals surface area contributed by atoms with Gasteiger partial charge in [0.15, 0.2) is 5.17 Å². The predicted octanol–water partition coefficient (Wildman–Crippen LogP) is 1.11. The number of carbonyl (C=O) groups is 1. The Labute approximate surface area is 95.1 Å². The van der Waals surface area contributed by atoms with E-state index in [4.69, 9.17) is 5.73 Å². The van der Waals surface area contributed by atoms with Gasteiger partial charge in [-0.2, -0.15) is 0 Å². The normalized spacial score (nSPS) is 23.8. The van der Waals surface area contributed by atoms with Gasteiger partial charge in [0.1, 0.15) is 0 Å². The van der Waals surface area contributed by atoms with Crippen molar-refractivity contribution >= 4 is 22.8 Å². The number of nitrogens with zero attached hydrogens (tertiary/aromatic N) is 1. The topological polar surface area (TPSA) is 67.5 Å². The zero-order valence-corrected chi connectivity index (χ0v) is 9.98. The lowest BCUT2D eigenvalue weighted by Crippen LogP contribution is -2.37. The first-order chi connectivity index (χ1) is 7.22. The van der Waals surface area contributed by atoms with Gasteiger partial charge in [0.25, 0.3) is 0 Å². The summed E-state index contributed by atoms with van der Waals surface area (Å²) in [4.78, 5) is 14.9. The number of amides is 1. The fourth-order valence-electron chi connectivity index (χ4n) is 1.42. The summed E-state index contributed by atoms with van der Waals surface area (Å²) < 4.78 is 0. The molecule has 0 bridgehead atoms. The minimum absolute atomic E-state index is 0.245. The predicted molar refractivity (Wildman–Crippen MR) is 65.0 cm³/mol. The van der Waals surface area contributed by atoms with Gasteiger partial charge in [-0.15, -0.1) is 0 Å². The number of aliphatic imine (C=N–C) groups is 1. The highest BCUT2D eigenvalue weighted by Gasteiger charge is 2.14. The number of hydrogen-bond donors (Lipinski definition) is 2. The van der Waals surface area contributed by atoms with Crippen molar-refractivity contribution in [3.63, 3.8) is 0 Å². The molecule has 1 aliphatic rings. The van der Waals surface area contributed by atoms with Crippen molar-refractivity contribution in [1.29, 1.82) is 0 Å². The van der Waals surface area contributed by atoms with Gasteiger partial charge < -0.3 is 11.1 Å². The lowest BCUT2D eigenvalue weighted by atomic mass is 10.2. The molecule has 1 atom stereocenters. The van der Waals surface area contributed by atoms with Gasteiger partial charge in [0.2, 0.25) is 5.91 Å². The molecule has 0 saturated carbocycles.